The third-order valence-corrected chi connectivity index (χ3v) is 6.04. The average molecular weight is 439 g/mol. The molecule has 3 rings (SSSR count). The van der Waals surface area contributed by atoms with Gasteiger partial charge in [0.05, 0.1) is 0 Å². The summed E-state index contributed by atoms with van der Waals surface area (Å²) >= 11 is -1.66. The van der Waals surface area contributed by atoms with Crippen LogP contribution in [0.5, 0.6) is 0 Å². The number of anilines is 1. The van der Waals surface area contributed by atoms with Crippen molar-refractivity contribution in [1.29, 1.82) is 0 Å². The zero-order valence-electron chi connectivity index (χ0n) is 15.3. The fourth-order valence-electron chi connectivity index (χ4n) is 2.92. The Morgan fingerprint density at radius 1 is 1.27 bits per heavy atom. The van der Waals surface area contributed by atoms with Gasteiger partial charge in [-0.05, 0) is 0 Å². The van der Waals surface area contributed by atoms with Crippen molar-refractivity contribution >= 4 is 30.8 Å². The molecule has 2 unspecified atom stereocenters. The summed E-state index contributed by atoms with van der Waals surface area (Å²) in [7, 11) is 1.87. The van der Waals surface area contributed by atoms with Gasteiger partial charge in [0.1, 0.15) is 0 Å². The molecule has 146 valence electrons. The number of nitrogens with zero attached hydrogens (tertiary/aromatic N) is 3. The second kappa shape index (κ2) is 8.59. The van der Waals surface area contributed by atoms with Crippen molar-refractivity contribution in [2.45, 2.75) is 44.5 Å². The third-order valence-electron chi connectivity index (χ3n) is 4.07. The molecule has 0 aromatic carbocycles. The summed E-state index contributed by atoms with van der Waals surface area (Å²) in [6.45, 7) is 6.69. The molecule has 0 radical (unpaired) electrons. The maximum atomic E-state index is 14.2. The maximum absolute atomic E-state index is 14.2. The number of nitrogens with one attached hydrogen (secondary N) is 1. The van der Waals surface area contributed by atoms with Crippen LogP contribution in [0.1, 0.15) is 26.0 Å². The molecule has 2 aromatic heterocycles. The van der Waals surface area contributed by atoms with Crippen molar-refractivity contribution in [1.82, 2.24) is 14.5 Å². The standard InChI is InChI=1S/C15H18F4N4Se.C2H6/c1-9-14(24-15(17,18)19)12-4-3-5-13(23(12)21-9)20-11-6-7-22(2)8-10(11)16;1-2/h3-5,10-11,20H,6-8H2,1-2H3;1-2H3. The van der Waals surface area contributed by atoms with E-state index in [0.717, 1.165) is 6.54 Å². The van der Waals surface area contributed by atoms with Gasteiger partial charge in [-0.2, -0.15) is 0 Å². The monoisotopic (exact) mass is 440 g/mol. The van der Waals surface area contributed by atoms with E-state index < -0.39 is 26.2 Å². The number of rotatable bonds is 3. The van der Waals surface area contributed by atoms with E-state index in [4.69, 9.17) is 0 Å². The Hall–Kier alpha value is -1.31. The molecule has 0 amide bonds. The number of halogens is 4. The van der Waals surface area contributed by atoms with E-state index in [-0.39, 0.29) is 10.5 Å². The van der Waals surface area contributed by atoms with Crippen LogP contribution >= 0.6 is 0 Å². The van der Waals surface area contributed by atoms with E-state index in [9.17, 15) is 17.6 Å². The SMILES string of the molecule is CC.Cc1nn2c(NC3CCN(C)CC3F)cccc2c1[Se]C(F)(F)F. The van der Waals surface area contributed by atoms with Crippen LogP contribution in [-0.4, -0.2) is 66.9 Å². The normalized spacial score (nSPS) is 21.4. The molecule has 0 spiro atoms. The number of aryl methyl sites for hydroxylation is 1. The predicted octanol–water partition coefficient (Wildman–Crippen LogP) is 2.97. The van der Waals surface area contributed by atoms with Gasteiger partial charge in [-0.1, -0.05) is 13.8 Å². The van der Waals surface area contributed by atoms with E-state index in [2.05, 4.69) is 10.4 Å². The van der Waals surface area contributed by atoms with Gasteiger partial charge < -0.3 is 0 Å². The quantitative estimate of drug-likeness (QED) is 0.590. The van der Waals surface area contributed by atoms with Gasteiger partial charge in [-0.15, -0.1) is 0 Å². The molecule has 1 aliphatic heterocycles. The van der Waals surface area contributed by atoms with Gasteiger partial charge in [0.15, 0.2) is 0 Å². The minimum atomic E-state index is -4.23. The first-order valence-corrected chi connectivity index (χ1v) is 10.3. The van der Waals surface area contributed by atoms with E-state index in [0.29, 0.717) is 30.0 Å². The number of hydrogen-bond donors (Lipinski definition) is 1. The first-order chi connectivity index (χ1) is 12.2. The fourth-order valence-corrected chi connectivity index (χ4v) is 4.35. The number of fused-ring (bicyclic) bond motifs is 1. The van der Waals surface area contributed by atoms with Crippen molar-refractivity contribution in [3.63, 3.8) is 0 Å². The van der Waals surface area contributed by atoms with Gasteiger partial charge in [0.25, 0.3) is 0 Å². The van der Waals surface area contributed by atoms with Gasteiger partial charge in [-0.25, -0.2) is 0 Å². The number of pyridine rings is 1. The van der Waals surface area contributed by atoms with Gasteiger partial charge in [0.2, 0.25) is 0 Å². The van der Waals surface area contributed by atoms with E-state index in [1.807, 2.05) is 25.8 Å². The van der Waals surface area contributed by atoms with E-state index >= 15 is 0 Å². The van der Waals surface area contributed by atoms with Gasteiger partial charge in [-0.3, -0.25) is 0 Å². The van der Waals surface area contributed by atoms with Crippen molar-refractivity contribution in [2.24, 2.45) is 0 Å². The molecule has 0 saturated carbocycles. The van der Waals surface area contributed by atoms with Crippen molar-refractivity contribution < 1.29 is 17.6 Å². The van der Waals surface area contributed by atoms with Crippen LogP contribution in [0.2, 0.25) is 0 Å². The summed E-state index contributed by atoms with van der Waals surface area (Å²) < 4.78 is 54.3. The molecule has 2 atom stereocenters. The van der Waals surface area contributed by atoms with Crippen LogP contribution in [0.15, 0.2) is 18.2 Å². The Morgan fingerprint density at radius 2 is 1.96 bits per heavy atom. The van der Waals surface area contributed by atoms with Crippen molar-refractivity contribution in [2.75, 3.05) is 25.5 Å². The Morgan fingerprint density at radius 3 is 2.58 bits per heavy atom. The molecular weight excluding hydrogens is 415 g/mol. The molecule has 4 nitrogen and oxygen atoms in total. The number of piperidine rings is 1. The zero-order chi connectivity index (χ0) is 19.5. The zero-order valence-corrected chi connectivity index (χ0v) is 17.0. The molecular formula is C17H24F4N4Se. The molecule has 1 N–H and O–H groups in total. The Kier molecular flexibility index (Phi) is 6.93. The van der Waals surface area contributed by atoms with Crippen LogP contribution in [0.3, 0.4) is 0 Å². The number of aromatic nitrogens is 2. The molecule has 9 heteroatoms. The molecule has 3 heterocycles. The van der Waals surface area contributed by atoms with Crippen LogP contribution in [-0.2, 0) is 0 Å². The molecule has 1 fully saturated rings. The van der Waals surface area contributed by atoms with Gasteiger partial charge in [0, 0.05) is 0 Å². The van der Waals surface area contributed by atoms with E-state index in [1.54, 1.807) is 25.1 Å². The summed E-state index contributed by atoms with van der Waals surface area (Å²) in [5.74, 6) is 0.525. The van der Waals surface area contributed by atoms with Crippen LogP contribution < -0.4 is 9.78 Å². The first-order valence-electron chi connectivity index (χ1n) is 8.58. The van der Waals surface area contributed by atoms with Crippen LogP contribution in [0, 0.1) is 6.92 Å². The van der Waals surface area contributed by atoms with Crippen LogP contribution in [0.25, 0.3) is 5.52 Å². The fraction of sp³-hybridized carbons (Fsp3) is 0.588. The molecule has 2 aromatic rings. The first kappa shape index (κ1) is 21.0. The van der Waals surface area contributed by atoms with E-state index in [1.165, 1.54) is 4.52 Å². The number of hydrogen-bond acceptors (Lipinski definition) is 3. The molecule has 1 aliphatic rings. The second-order valence-electron chi connectivity index (χ2n) is 5.99. The Labute approximate surface area is 157 Å². The Bertz CT molecular complexity index is 731. The second-order valence-corrected chi connectivity index (χ2v) is 8.24. The Balaban J connectivity index is 0.00000117. The number of likely N-dealkylation sites (tertiary alicyclic amines) is 1. The topological polar surface area (TPSA) is 32.6 Å². The third kappa shape index (κ3) is 4.90. The average Bonchev–Trinajstić information content (AvgIpc) is 2.87. The van der Waals surface area contributed by atoms with Crippen LogP contribution in [0.4, 0.5) is 23.4 Å². The van der Waals surface area contributed by atoms with Gasteiger partial charge >= 0.3 is 143 Å². The molecule has 1 saturated heterocycles. The summed E-state index contributed by atoms with van der Waals surface area (Å²) in [6.07, 6.45) is -0.400. The summed E-state index contributed by atoms with van der Waals surface area (Å²) in [4.78, 5) is 1.92. The molecule has 0 aliphatic carbocycles. The van der Waals surface area contributed by atoms with Crippen molar-refractivity contribution in [3.05, 3.63) is 23.9 Å². The molecule has 26 heavy (non-hydrogen) atoms. The van der Waals surface area contributed by atoms with Crippen molar-refractivity contribution in [3.8, 4) is 0 Å². The summed E-state index contributed by atoms with van der Waals surface area (Å²) in [6, 6.07) is 4.65. The number of alkyl halides is 4. The predicted molar refractivity (Wildman–Crippen MR) is 97.1 cm³/mol. The minimum absolute atomic E-state index is 0.221. The summed E-state index contributed by atoms with van der Waals surface area (Å²) in [5, 5.41) is 3.13. The summed E-state index contributed by atoms with van der Waals surface area (Å²) in [5.41, 5.74) is 0.792. The molecule has 0 bridgehead atoms.